The summed E-state index contributed by atoms with van der Waals surface area (Å²) in [5.41, 5.74) is 7.59. The van der Waals surface area contributed by atoms with Crippen molar-refractivity contribution in [3.8, 4) is 0 Å². The molecule has 0 bridgehead atoms. The Morgan fingerprint density at radius 3 is 2.83 bits per heavy atom. The third-order valence-corrected chi connectivity index (χ3v) is 5.03. The molecule has 3 rings (SSSR count). The first-order valence-corrected chi connectivity index (χ1v) is 8.66. The number of nitrogens with two attached hydrogens (primary N) is 1. The van der Waals surface area contributed by atoms with Gasteiger partial charge in [0.1, 0.15) is 0 Å². The summed E-state index contributed by atoms with van der Waals surface area (Å²) in [5, 5.41) is 3.89. The molecular formula is C16H22N4O2S. The lowest BCUT2D eigenvalue weighted by atomic mass is 10.1. The first-order chi connectivity index (χ1) is 11.0. The minimum absolute atomic E-state index is 0.107. The molecule has 0 aliphatic carbocycles. The van der Waals surface area contributed by atoms with Crippen molar-refractivity contribution in [1.29, 1.82) is 0 Å². The number of aromatic nitrogens is 1. The van der Waals surface area contributed by atoms with E-state index in [1.165, 1.54) is 0 Å². The predicted octanol–water partition coefficient (Wildman–Crippen LogP) is 2.05. The fourth-order valence-corrected chi connectivity index (χ4v) is 3.46. The van der Waals surface area contributed by atoms with Crippen LogP contribution in [0.15, 0.2) is 18.2 Å². The lowest BCUT2D eigenvalue weighted by Gasteiger charge is -2.25. The molecule has 1 aliphatic rings. The highest BCUT2D eigenvalue weighted by molar-refractivity contribution is 7.22. The lowest BCUT2D eigenvalue weighted by Crippen LogP contribution is -2.39. The van der Waals surface area contributed by atoms with E-state index < -0.39 is 6.04 Å². The summed E-state index contributed by atoms with van der Waals surface area (Å²) in [4.78, 5) is 19.0. The van der Waals surface area contributed by atoms with Crippen LogP contribution in [0.4, 0.5) is 10.8 Å². The Balaban J connectivity index is 1.77. The number of nitrogens with one attached hydrogen (secondary N) is 1. The molecule has 1 atom stereocenters. The van der Waals surface area contributed by atoms with Gasteiger partial charge in [0.05, 0.1) is 29.5 Å². The molecule has 23 heavy (non-hydrogen) atoms. The average molecular weight is 334 g/mol. The average Bonchev–Trinajstić information content (AvgIpc) is 2.98. The van der Waals surface area contributed by atoms with Crippen molar-refractivity contribution in [2.45, 2.75) is 19.9 Å². The SMILES string of the molecule is CC(C)[C@H](N)C(=O)Nc1ccc2nc(N3CCOCC3)sc2c1. The van der Waals surface area contributed by atoms with Gasteiger partial charge in [-0.05, 0) is 24.1 Å². The van der Waals surface area contributed by atoms with Gasteiger partial charge in [-0.3, -0.25) is 4.79 Å². The van der Waals surface area contributed by atoms with Crippen LogP contribution in [0.3, 0.4) is 0 Å². The summed E-state index contributed by atoms with van der Waals surface area (Å²) in [6, 6.07) is 5.26. The molecule has 1 aromatic carbocycles. The first-order valence-electron chi connectivity index (χ1n) is 7.84. The zero-order chi connectivity index (χ0) is 16.4. The number of carbonyl (C=O) groups is 1. The van der Waals surface area contributed by atoms with Crippen molar-refractivity contribution in [2.24, 2.45) is 11.7 Å². The molecule has 124 valence electrons. The van der Waals surface area contributed by atoms with E-state index in [4.69, 9.17) is 10.5 Å². The van der Waals surface area contributed by atoms with E-state index in [1.54, 1.807) is 11.3 Å². The number of nitrogens with zero attached hydrogens (tertiary/aromatic N) is 2. The van der Waals surface area contributed by atoms with Gasteiger partial charge in [-0.15, -0.1) is 0 Å². The Morgan fingerprint density at radius 1 is 1.39 bits per heavy atom. The van der Waals surface area contributed by atoms with Crippen LogP contribution in [-0.2, 0) is 9.53 Å². The third kappa shape index (κ3) is 3.63. The van der Waals surface area contributed by atoms with Crippen LogP contribution in [0, 0.1) is 5.92 Å². The van der Waals surface area contributed by atoms with E-state index in [9.17, 15) is 4.79 Å². The van der Waals surface area contributed by atoms with Crippen LogP contribution in [0.2, 0.25) is 0 Å². The Hall–Kier alpha value is -1.70. The number of thiazole rings is 1. The standard InChI is InChI=1S/C16H22N4O2S/c1-10(2)14(17)15(21)18-11-3-4-12-13(9-11)23-16(19-12)20-5-7-22-8-6-20/h3-4,9-10,14H,5-8,17H2,1-2H3,(H,18,21)/t14-/m0/s1. The second-order valence-corrected chi connectivity index (χ2v) is 7.05. The van der Waals surface area contributed by atoms with E-state index in [1.807, 2.05) is 32.0 Å². The van der Waals surface area contributed by atoms with Gasteiger partial charge in [-0.25, -0.2) is 4.98 Å². The lowest BCUT2D eigenvalue weighted by molar-refractivity contribution is -0.118. The van der Waals surface area contributed by atoms with Gasteiger partial charge in [-0.1, -0.05) is 25.2 Å². The normalized spacial score (nSPS) is 16.8. The molecule has 1 fully saturated rings. The number of carbonyl (C=O) groups excluding carboxylic acids is 1. The van der Waals surface area contributed by atoms with Crippen LogP contribution in [0.1, 0.15) is 13.8 Å². The van der Waals surface area contributed by atoms with Gasteiger partial charge in [0.2, 0.25) is 5.91 Å². The second kappa shape index (κ2) is 6.82. The van der Waals surface area contributed by atoms with E-state index >= 15 is 0 Å². The monoisotopic (exact) mass is 334 g/mol. The molecule has 0 unspecified atom stereocenters. The highest BCUT2D eigenvalue weighted by Gasteiger charge is 2.18. The summed E-state index contributed by atoms with van der Waals surface area (Å²) < 4.78 is 6.43. The van der Waals surface area contributed by atoms with E-state index in [0.717, 1.165) is 47.3 Å². The molecule has 1 amide bonds. The second-order valence-electron chi connectivity index (χ2n) is 6.04. The molecule has 0 saturated carbocycles. The topological polar surface area (TPSA) is 80.5 Å². The van der Waals surface area contributed by atoms with Gasteiger partial charge in [0.25, 0.3) is 0 Å². The van der Waals surface area contributed by atoms with Gasteiger partial charge < -0.3 is 20.7 Å². The number of fused-ring (bicyclic) bond motifs is 1. The zero-order valence-corrected chi connectivity index (χ0v) is 14.2. The Kier molecular flexibility index (Phi) is 4.79. The summed E-state index contributed by atoms with van der Waals surface area (Å²) in [6.45, 7) is 7.09. The number of anilines is 2. The minimum atomic E-state index is -0.504. The van der Waals surface area contributed by atoms with Gasteiger partial charge in [0.15, 0.2) is 5.13 Å². The van der Waals surface area contributed by atoms with E-state index in [0.29, 0.717) is 0 Å². The largest absolute Gasteiger partial charge is 0.378 e. The molecule has 6 nitrogen and oxygen atoms in total. The Labute approximate surface area is 139 Å². The Bertz CT molecular complexity index is 694. The molecule has 2 aromatic rings. The quantitative estimate of drug-likeness (QED) is 0.894. The van der Waals surface area contributed by atoms with E-state index in [-0.39, 0.29) is 11.8 Å². The predicted molar refractivity (Wildman–Crippen MR) is 94.1 cm³/mol. The smallest absolute Gasteiger partial charge is 0.241 e. The van der Waals surface area contributed by atoms with Crippen LogP contribution < -0.4 is 16.0 Å². The van der Waals surface area contributed by atoms with Crippen LogP contribution in [0.25, 0.3) is 10.2 Å². The van der Waals surface area contributed by atoms with Gasteiger partial charge >= 0.3 is 0 Å². The number of amides is 1. The number of benzene rings is 1. The number of hydrogen-bond donors (Lipinski definition) is 2. The number of ether oxygens (including phenoxy) is 1. The highest BCUT2D eigenvalue weighted by Crippen LogP contribution is 2.31. The molecule has 0 spiro atoms. The van der Waals surface area contributed by atoms with Crippen LogP contribution >= 0.6 is 11.3 Å². The highest BCUT2D eigenvalue weighted by atomic mass is 32.1. The summed E-state index contributed by atoms with van der Waals surface area (Å²) in [7, 11) is 0. The molecule has 1 saturated heterocycles. The molecule has 0 radical (unpaired) electrons. The van der Waals surface area contributed by atoms with Crippen molar-refractivity contribution < 1.29 is 9.53 Å². The fraction of sp³-hybridized carbons (Fsp3) is 0.500. The molecule has 1 aliphatic heterocycles. The maximum Gasteiger partial charge on any atom is 0.241 e. The maximum atomic E-state index is 12.1. The summed E-state index contributed by atoms with van der Waals surface area (Å²) in [6.07, 6.45) is 0. The van der Waals surface area contributed by atoms with E-state index in [2.05, 4.69) is 15.2 Å². The molecule has 2 heterocycles. The minimum Gasteiger partial charge on any atom is -0.378 e. The van der Waals surface area contributed by atoms with Gasteiger partial charge in [-0.2, -0.15) is 0 Å². The third-order valence-electron chi connectivity index (χ3n) is 3.95. The van der Waals surface area contributed by atoms with Crippen molar-refractivity contribution in [1.82, 2.24) is 4.98 Å². The first kappa shape index (κ1) is 16.2. The molecule has 3 N–H and O–H groups in total. The number of morpholine rings is 1. The van der Waals surface area contributed by atoms with Crippen LogP contribution in [0.5, 0.6) is 0 Å². The summed E-state index contributed by atoms with van der Waals surface area (Å²) >= 11 is 1.64. The van der Waals surface area contributed by atoms with Crippen LogP contribution in [-0.4, -0.2) is 43.2 Å². The molecule has 7 heteroatoms. The van der Waals surface area contributed by atoms with Crippen molar-refractivity contribution >= 4 is 38.3 Å². The molecule has 1 aromatic heterocycles. The van der Waals surface area contributed by atoms with Gasteiger partial charge in [0, 0.05) is 18.8 Å². The fourth-order valence-electron chi connectivity index (χ4n) is 2.41. The van der Waals surface area contributed by atoms with Crippen molar-refractivity contribution in [3.05, 3.63) is 18.2 Å². The summed E-state index contributed by atoms with van der Waals surface area (Å²) in [5.74, 6) is -0.0488. The van der Waals surface area contributed by atoms with Crippen molar-refractivity contribution in [3.63, 3.8) is 0 Å². The zero-order valence-electron chi connectivity index (χ0n) is 13.4. The number of hydrogen-bond acceptors (Lipinski definition) is 6. The van der Waals surface area contributed by atoms with Crippen molar-refractivity contribution in [2.75, 3.05) is 36.5 Å². The maximum absolute atomic E-state index is 12.1. The molecular weight excluding hydrogens is 312 g/mol. The Morgan fingerprint density at radius 2 is 2.13 bits per heavy atom. The number of rotatable bonds is 4.